The third-order valence-corrected chi connectivity index (χ3v) is 8.81. The van der Waals surface area contributed by atoms with Crippen molar-refractivity contribution < 1.29 is 28.4 Å². The van der Waals surface area contributed by atoms with E-state index in [1.54, 1.807) is 9.80 Å². The molecule has 2 heterocycles. The van der Waals surface area contributed by atoms with Gasteiger partial charge in [-0.15, -0.1) is 0 Å². The van der Waals surface area contributed by atoms with Crippen LogP contribution in [-0.4, -0.2) is 75.8 Å². The number of nitrogens with one attached hydrogen (secondary N) is 1. The first kappa shape index (κ1) is 34.9. The number of ether oxygens (including phenoxy) is 1. The van der Waals surface area contributed by atoms with Gasteiger partial charge in [-0.3, -0.25) is 9.59 Å². The highest BCUT2D eigenvalue weighted by molar-refractivity contribution is 6.45. The molecule has 1 aromatic rings. The zero-order valence-electron chi connectivity index (χ0n) is 28.5. The summed E-state index contributed by atoms with van der Waals surface area (Å²) < 4.78 is 18.3. The number of carbonyl (C=O) groups excluding carboxylic acids is 3. The van der Waals surface area contributed by atoms with Crippen molar-refractivity contribution in [1.82, 2.24) is 15.1 Å². The molecule has 0 spiro atoms. The minimum absolute atomic E-state index is 0.0295. The van der Waals surface area contributed by atoms with Crippen molar-refractivity contribution in [2.45, 2.75) is 136 Å². The first-order valence-corrected chi connectivity index (χ1v) is 15.6. The summed E-state index contributed by atoms with van der Waals surface area (Å²) in [6.07, 6.45) is 1.39. The topological polar surface area (TPSA) is 97.4 Å². The maximum atomic E-state index is 14.6. The number of benzene rings is 1. The molecule has 0 radical (unpaired) electrons. The van der Waals surface area contributed by atoms with E-state index in [1.165, 1.54) is 6.92 Å². The lowest BCUT2D eigenvalue weighted by atomic mass is 9.75. The van der Waals surface area contributed by atoms with E-state index in [0.717, 1.165) is 5.56 Å². The van der Waals surface area contributed by atoms with Crippen LogP contribution in [0.1, 0.15) is 108 Å². The van der Waals surface area contributed by atoms with Gasteiger partial charge in [-0.25, -0.2) is 4.79 Å². The van der Waals surface area contributed by atoms with E-state index >= 15 is 0 Å². The lowest BCUT2D eigenvalue weighted by Crippen LogP contribution is -2.67. The molecule has 0 unspecified atom stereocenters. The largest absolute Gasteiger partial charge is 0.457 e. The van der Waals surface area contributed by atoms with Crippen LogP contribution in [0.2, 0.25) is 6.32 Å². The Kier molecular flexibility index (Phi) is 10.1. The Morgan fingerprint density at radius 2 is 1.60 bits per heavy atom. The van der Waals surface area contributed by atoms with Gasteiger partial charge < -0.3 is 29.2 Å². The normalized spacial score (nSPS) is 24.0. The molecule has 1 aromatic carbocycles. The minimum Gasteiger partial charge on any atom is -0.444 e. The monoisotopic (exact) mass is 599 g/mol. The van der Waals surface area contributed by atoms with Crippen molar-refractivity contribution in [2.24, 2.45) is 5.92 Å². The average Bonchev–Trinajstić information content (AvgIpc) is 3.31. The highest BCUT2D eigenvalue weighted by Gasteiger charge is 2.60. The number of nitrogens with zero attached hydrogens (tertiary/aromatic N) is 2. The Bertz CT molecular complexity index is 1140. The maximum Gasteiger partial charge on any atom is 0.457 e. The van der Waals surface area contributed by atoms with E-state index in [2.05, 4.69) is 5.32 Å². The molecule has 0 saturated carbocycles. The molecule has 0 bridgehead atoms. The van der Waals surface area contributed by atoms with Gasteiger partial charge >= 0.3 is 13.2 Å². The van der Waals surface area contributed by atoms with Crippen LogP contribution >= 0.6 is 0 Å². The quantitative estimate of drug-likeness (QED) is 0.369. The Balaban J connectivity index is 2.05. The van der Waals surface area contributed by atoms with Gasteiger partial charge in [0, 0.05) is 24.9 Å². The zero-order chi connectivity index (χ0) is 32.6. The molecule has 3 amide bonds. The van der Waals surface area contributed by atoms with Crippen LogP contribution in [0.15, 0.2) is 30.3 Å². The van der Waals surface area contributed by atoms with Gasteiger partial charge in [-0.1, -0.05) is 36.8 Å². The molecular weight excluding hydrogens is 545 g/mol. The van der Waals surface area contributed by atoms with E-state index in [0.29, 0.717) is 19.2 Å². The fourth-order valence-electron chi connectivity index (χ4n) is 6.18. The van der Waals surface area contributed by atoms with Crippen molar-refractivity contribution in [3.63, 3.8) is 0 Å². The molecule has 9 nitrogen and oxygen atoms in total. The molecule has 0 aliphatic carbocycles. The summed E-state index contributed by atoms with van der Waals surface area (Å²) >= 11 is 0. The summed E-state index contributed by atoms with van der Waals surface area (Å²) in [5.74, 6) is -0.869. The fourth-order valence-corrected chi connectivity index (χ4v) is 6.18. The second-order valence-corrected chi connectivity index (χ2v) is 15.3. The Morgan fingerprint density at radius 1 is 1.05 bits per heavy atom. The third-order valence-electron chi connectivity index (χ3n) is 8.81. The number of hydrogen-bond donors (Lipinski definition) is 1. The first-order valence-electron chi connectivity index (χ1n) is 15.6. The predicted molar refractivity (Wildman–Crippen MR) is 169 cm³/mol. The molecule has 0 aromatic heterocycles. The maximum absolute atomic E-state index is 14.6. The molecule has 10 heteroatoms. The van der Waals surface area contributed by atoms with Gasteiger partial charge in [0.25, 0.3) is 0 Å². The van der Waals surface area contributed by atoms with Crippen molar-refractivity contribution in [1.29, 1.82) is 0 Å². The summed E-state index contributed by atoms with van der Waals surface area (Å²) in [4.78, 5) is 45.0. The first-order chi connectivity index (χ1) is 19.6. The van der Waals surface area contributed by atoms with Crippen LogP contribution in [0.4, 0.5) is 4.79 Å². The summed E-state index contributed by atoms with van der Waals surface area (Å²) in [5.41, 5.74) is -2.57. The van der Waals surface area contributed by atoms with Gasteiger partial charge in [0.2, 0.25) is 11.8 Å². The van der Waals surface area contributed by atoms with Crippen molar-refractivity contribution in [3.8, 4) is 0 Å². The van der Waals surface area contributed by atoms with Crippen molar-refractivity contribution in [3.05, 3.63) is 35.9 Å². The SMILES string of the molecule is CC(=O)N([C@@H](C)c1ccccc1)[C@@]1(C(=O)NC(C)(C)C)CN(C(=O)OC(C)(C)C)C[C@@H]1CCCB1OC(C)(C)C(C)(C)O1. The van der Waals surface area contributed by atoms with Crippen LogP contribution in [-0.2, 0) is 23.6 Å². The molecule has 3 rings (SSSR count). The van der Waals surface area contributed by atoms with E-state index < -0.39 is 40.0 Å². The van der Waals surface area contributed by atoms with Gasteiger partial charge in [-0.2, -0.15) is 0 Å². The highest BCUT2D eigenvalue weighted by Crippen LogP contribution is 2.44. The van der Waals surface area contributed by atoms with Gasteiger partial charge in [0.1, 0.15) is 11.1 Å². The Labute approximate surface area is 259 Å². The van der Waals surface area contributed by atoms with E-state index in [1.807, 2.05) is 106 Å². The predicted octanol–water partition coefficient (Wildman–Crippen LogP) is 5.99. The number of amides is 3. The van der Waals surface area contributed by atoms with Crippen LogP contribution in [0.25, 0.3) is 0 Å². The molecule has 2 fully saturated rings. The van der Waals surface area contributed by atoms with Crippen molar-refractivity contribution in [2.75, 3.05) is 13.1 Å². The molecule has 1 N–H and O–H groups in total. The Morgan fingerprint density at radius 3 is 2.09 bits per heavy atom. The molecular formula is C33H54BN3O6. The molecule has 2 saturated heterocycles. The van der Waals surface area contributed by atoms with Gasteiger partial charge in [0.05, 0.1) is 23.8 Å². The number of carbonyl (C=O) groups is 3. The highest BCUT2D eigenvalue weighted by atomic mass is 16.7. The fraction of sp³-hybridized carbons (Fsp3) is 0.727. The smallest absolute Gasteiger partial charge is 0.444 e. The van der Waals surface area contributed by atoms with E-state index in [9.17, 15) is 14.4 Å². The molecule has 3 atom stereocenters. The zero-order valence-corrected chi connectivity index (χ0v) is 28.5. The second kappa shape index (κ2) is 12.4. The lowest BCUT2D eigenvalue weighted by Gasteiger charge is -2.47. The lowest BCUT2D eigenvalue weighted by molar-refractivity contribution is -0.153. The summed E-state index contributed by atoms with van der Waals surface area (Å²) in [7, 11) is -0.377. The van der Waals surface area contributed by atoms with E-state index in [-0.39, 0.29) is 37.9 Å². The molecule has 2 aliphatic heterocycles. The molecule has 43 heavy (non-hydrogen) atoms. The average molecular weight is 600 g/mol. The van der Waals surface area contributed by atoms with Crippen molar-refractivity contribution >= 4 is 25.0 Å². The number of rotatable bonds is 8. The van der Waals surface area contributed by atoms with E-state index in [4.69, 9.17) is 14.0 Å². The molecule has 240 valence electrons. The van der Waals surface area contributed by atoms with Crippen LogP contribution < -0.4 is 5.32 Å². The van der Waals surface area contributed by atoms with Crippen LogP contribution in [0.3, 0.4) is 0 Å². The molecule has 2 aliphatic rings. The number of hydrogen-bond acceptors (Lipinski definition) is 6. The standard InChI is InChI=1S/C33H54BN3O6/c1-23(25-17-14-13-15-18-25)37(24(2)38)33(27(39)35-29(3,4)5)22-36(28(40)41-30(6,7)8)21-26(33)19-16-20-34-42-31(9,10)32(11,12)43-34/h13-15,17-18,23,26H,16,19-22H2,1-12H3,(H,35,39)/t23-,26-,33-/m0/s1. The summed E-state index contributed by atoms with van der Waals surface area (Å²) in [6, 6.07) is 9.28. The summed E-state index contributed by atoms with van der Waals surface area (Å²) in [6.45, 7) is 23.1. The number of likely N-dealkylation sites (tertiary alicyclic amines) is 1. The Hall–Kier alpha value is -2.59. The van der Waals surface area contributed by atoms with Crippen LogP contribution in [0, 0.1) is 5.92 Å². The van der Waals surface area contributed by atoms with Gasteiger partial charge in [0.15, 0.2) is 0 Å². The van der Waals surface area contributed by atoms with Gasteiger partial charge in [-0.05, 0) is 94.5 Å². The van der Waals surface area contributed by atoms with Crippen LogP contribution in [0.5, 0.6) is 0 Å². The summed E-state index contributed by atoms with van der Waals surface area (Å²) in [5, 5.41) is 3.17. The second-order valence-electron chi connectivity index (χ2n) is 15.3. The minimum atomic E-state index is -1.33. The third kappa shape index (κ3) is 7.93.